The minimum Gasteiger partial charge on any atom is -0.341 e. The lowest BCUT2D eigenvalue weighted by atomic mass is 9.92. The quantitative estimate of drug-likeness (QED) is 0.358. The van der Waals surface area contributed by atoms with Crippen LogP contribution < -0.4 is 16.4 Å². The first-order chi connectivity index (χ1) is 13.8. The fourth-order valence-electron chi connectivity index (χ4n) is 3.79. The summed E-state index contributed by atoms with van der Waals surface area (Å²) in [4.78, 5) is 12.5. The molecule has 2 heterocycles. The highest BCUT2D eigenvalue weighted by molar-refractivity contribution is 5.74. The highest BCUT2D eigenvalue weighted by Gasteiger charge is 2.20. The highest BCUT2D eigenvalue weighted by atomic mass is 15.0. The predicted octanol–water partition coefficient (Wildman–Crippen LogP) is 2.60. The summed E-state index contributed by atoms with van der Waals surface area (Å²) >= 11 is 0. The van der Waals surface area contributed by atoms with Gasteiger partial charge in [0.15, 0.2) is 0 Å². The minimum absolute atomic E-state index is 0.323. The molecule has 3 aromatic rings. The molecule has 1 unspecified atom stereocenters. The predicted molar refractivity (Wildman–Crippen MR) is 113 cm³/mol. The molecule has 6 nitrogen and oxygen atoms in total. The van der Waals surface area contributed by atoms with Crippen LogP contribution in [0.5, 0.6) is 0 Å². The molecule has 1 atom stereocenters. The smallest absolute Gasteiger partial charge is 0.121 e. The molecular weight excluding hydrogens is 348 g/mol. The number of pyridine rings is 1. The third-order valence-electron chi connectivity index (χ3n) is 5.30. The summed E-state index contributed by atoms with van der Waals surface area (Å²) in [7, 11) is 0. The van der Waals surface area contributed by atoms with Crippen molar-refractivity contribution in [3.63, 3.8) is 0 Å². The number of aromatic amines is 1. The van der Waals surface area contributed by atoms with Crippen molar-refractivity contribution >= 4 is 11.0 Å². The molecule has 1 aliphatic rings. The number of nitrogens with zero attached hydrogens (tertiary/aromatic N) is 2. The van der Waals surface area contributed by atoms with Gasteiger partial charge in [-0.2, -0.15) is 0 Å². The standard InChI is InChI=1S/C22H28N6/c23-13-16(14-26-20-9-3-5-17-6-4-11-25-22(17)20)10-12-24-15-21-27-18-7-1-2-8-19(18)28-21/h1-2,4,6-8,10-11,20,24,26H,3,5,9,12-15,23H2,(H,27,28). The fraction of sp³-hybridized carbons (Fsp3) is 0.364. The summed E-state index contributed by atoms with van der Waals surface area (Å²) in [5.74, 6) is 0.951. The van der Waals surface area contributed by atoms with Crippen molar-refractivity contribution in [2.45, 2.75) is 31.8 Å². The Kier molecular flexibility index (Phi) is 6.11. The van der Waals surface area contributed by atoms with Gasteiger partial charge in [-0.25, -0.2) is 4.98 Å². The molecule has 0 radical (unpaired) electrons. The zero-order valence-electron chi connectivity index (χ0n) is 16.1. The first kappa shape index (κ1) is 18.8. The second-order valence-electron chi connectivity index (χ2n) is 7.27. The van der Waals surface area contributed by atoms with Gasteiger partial charge in [0.25, 0.3) is 0 Å². The van der Waals surface area contributed by atoms with E-state index in [-0.39, 0.29) is 0 Å². The van der Waals surface area contributed by atoms with Crippen LogP contribution in [0.4, 0.5) is 0 Å². The number of aryl methyl sites for hydroxylation is 1. The molecule has 4 rings (SSSR count). The molecule has 0 fully saturated rings. The van der Waals surface area contributed by atoms with Crippen molar-refractivity contribution in [3.05, 3.63) is 71.3 Å². The van der Waals surface area contributed by atoms with E-state index >= 15 is 0 Å². The molecule has 5 N–H and O–H groups in total. The summed E-state index contributed by atoms with van der Waals surface area (Å²) in [6, 6.07) is 12.6. The van der Waals surface area contributed by atoms with E-state index in [2.05, 4.69) is 37.7 Å². The molecule has 0 bridgehead atoms. The third-order valence-corrected chi connectivity index (χ3v) is 5.30. The molecule has 0 spiro atoms. The Morgan fingerprint density at radius 3 is 3.07 bits per heavy atom. The zero-order chi connectivity index (χ0) is 19.2. The number of hydrogen-bond donors (Lipinski definition) is 4. The van der Waals surface area contributed by atoms with E-state index in [1.54, 1.807) is 0 Å². The third kappa shape index (κ3) is 4.47. The lowest BCUT2D eigenvalue weighted by Crippen LogP contribution is -2.29. The number of hydrogen-bond acceptors (Lipinski definition) is 5. The minimum atomic E-state index is 0.323. The van der Waals surface area contributed by atoms with E-state index in [0.717, 1.165) is 42.8 Å². The lowest BCUT2D eigenvalue weighted by Gasteiger charge is -2.25. The Balaban J connectivity index is 1.27. The van der Waals surface area contributed by atoms with Crippen molar-refractivity contribution in [2.75, 3.05) is 19.6 Å². The summed E-state index contributed by atoms with van der Waals surface area (Å²) in [6.45, 7) is 2.83. The maximum Gasteiger partial charge on any atom is 0.121 e. The summed E-state index contributed by atoms with van der Waals surface area (Å²) in [6.07, 6.45) is 7.54. The molecule has 2 aromatic heterocycles. The topological polar surface area (TPSA) is 91.6 Å². The Labute approximate surface area is 165 Å². The van der Waals surface area contributed by atoms with Crippen molar-refractivity contribution in [2.24, 2.45) is 5.73 Å². The van der Waals surface area contributed by atoms with Crippen LogP contribution in [0.2, 0.25) is 0 Å². The normalized spacial score (nSPS) is 17.0. The summed E-state index contributed by atoms with van der Waals surface area (Å²) < 4.78 is 0. The molecule has 6 heteroatoms. The van der Waals surface area contributed by atoms with Gasteiger partial charge in [0.05, 0.1) is 29.3 Å². The van der Waals surface area contributed by atoms with Crippen LogP contribution in [-0.2, 0) is 13.0 Å². The first-order valence-electron chi connectivity index (χ1n) is 10.0. The van der Waals surface area contributed by atoms with Crippen LogP contribution in [0.1, 0.15) is 36.0 Å². The van der Waals surface area contributed by atoms with Crippen LogP contribution in [0.25, 0.3) is 11.0 Å². The van der Waals surface area contributed by atoms with Crippen LogP contribution in [-0.4, -0.2) is 34.6 Å². The Morgan fingerprint density at radius 2 is 2.18 bits per heavy atom. The second kappa shape index (κ2) is 9.10. The van der Waals surface area contributed by atoms with Crippen LogP contribution in [0.15, 0.2) is 54.2 Å². The Morgan fingerprint density at radius 1 is 1.25 bits per heavy atom. The van der Waals surface area contributed by atoms with E-state index in [1.165, 1.54) is 23.3 Å². The Bertz CT molecular complexity index is 912. The SMILES string of the molecule is NCC(=CCNCc1nc2ccccc2[nH]1)CNC1CCCc2cccnc21. The van der Waals surface area contributed by atoms with Gasteiger partial charge in [0, 0.05) is 25.8 Å². The van der Waals surface area contributed by atoms with Crippen molar-refractivity contribution < 1.29 is 0 Å². The van der Waals surface area contributed by atoms with E-state index in [1.807, 2.05) is 36.5 Å². The van der Waals surface area contributed by atoms with E-state index in [9.17, 15) is 0 Å². The van der Waals surface area contributed by atoms with Crippen LogP contribution >= 0.6 is 0 Å². The molecule has 0 aliphatic heterocycles. The van der Waals surface area contributed by atoms with Crippen LogP contribution in [0.3, 0.4) is 0 Å². The van der Waals surface area contributed by atoms with E-state index < -0.39 is 0 Å². The monoisotopic (exact) mass is 376 g/mol. The lowest BCUT2D eigenvalue weighted by molar-refractivity contribution is 0.462. The molecular formula is C22H28N6. The van der Waals surface area contributed by atoms with Crippen molar-refractivity contribution in [3.8, 4) is 0 Å². The number of H-pyrrole nitrogens is 1. The van der Waals surface area contributed by atoms with Crippen LogP contribution in [0, 0.1) is 0 Å². The Hall–Kier alpha value is -2.54. The number of nitrogens with one attached hydrogen (secondary N) is 3. The number of rotatable bonds is 8. The van der Waals surface area contributed by atoms with Gasteiger partial charge >= 0.3 is 0 Å². The number of para-hydroxylation sites is 2. The number of nitrogens with two attached hydrogens (primary N) is 1. The fourth-order valence-corrected chi connectivity index (χ4v) is 3.79. The van der Waals surface area contributed by atoms with E-state index in [4.69, 9.17) is 5.73 Å². The van der Waals surface area contributed by atoms with Gasteiger partial charge in [-0.05, 0) is 48.6 Å². The average molecular weight is 377 g/mol. The maximum atomic E-state index is 5.96. The molecule has 146 valence electrons. The maximum absolute atomic E-state index is 5.96. The molecule has 28 heavy (non-hydrogen) atoms. The van der Waals surface area contributed by atoms with E-state index in [0.29, 0.717) is 19.1 Å². The van der Waals surface area contributed by atoms with Gasteiger partial charge in [0.2, 0.25) is 0 Å². The number of fused-ring (bicyclic) bond motifs is 2. The zero-order valence-corrected chi connectivity index (χ0v) is 16.1. The van der Waals surface area contributed by atoms with Crippen molar-refractivity contribution in [1.82, 2.24) is 25.6 Å². The largest absolute Gasteiger partial charge is 0.341 e. The first-order valence-corrected chi connectivity index (χ1v) is 10.0. The average Bonchev–Trinajstić information content (AvgIpc) is 3.16. The van der Waals surface area contributed by atoms with Gasteiger partial charge < -0.3 is 21.4 Å². The summed E-state index contributed by atoms with van der Waals surface area (Å²) in [5.41, 5.74) is 11.8. The molecule has 0 saturated heterocycles. The van der Waals surface area contributed by atoms with Gasteiger partial charge in [-0.1, -0.05) is 24.3 Å². The highest BCUT2D eigenvalue weighted by Crippen LogP contribution is 2.27. The second-order valence-corrected chi connectivity index (χ2v) is 7.27. The molecule has 1 aromatic carbocycles. The number of imidazole rings is 1. The number of benzene rings is 1. The molecule has 1 aliphatic carbocycles. The molecule has 0 saturated carbocycles. The molecule has 0 amide bonds. The van der Waals surface area contributed by atoms with Gasteiger partial charge in [-0.15, -0.1) is 0 Å². The number of aromatic nitrogens is 3. The van der Waals surface area contributed by atoms with Gasteiger partial charge in [0.1, 0.15) is 5.82 Å². The van der Waals surface area contributed by atoms with Gasteiger partial charge in [-0.3, -0.25) is 4.98 Å². The summed E-state index contributed by atoms with van der Waals surface area (Å²) in [5, 5.41) is 7.06. The van der Waals surface area contributed by atoms with Crippen molar-refractivity contribution in [1.29, 1.82) is 0 Å².